The van der Waals surface area contributed by atoms with Gasteiger partial charge in [0.25, 0.3) is 0 Å². The second-order valence-corrected chi connectivity index (χ2v) is 7.14. The molecule has 2 aromatic rings. The maximum Gasteiger partial charge on any atom is 0.0384 e. The van der Waals surface area contributed by atoms with Gasteiger partial charge in [0.1, 0.15) is 0 Å². The van der Waals surface area contributed by atoms with Crippen molar-refractivity contribution >= 4 is 11.4 Å². The summed E-state index contributed by atoms with van der Waals surface area (Å²) >= 11 is 0. The van der Waals surface area contributed by atoms with Crippen molar-refractivity contribution in [2.75, 3.05) is 5.32 Å². The molecule has 2 rings (SSSR count). The van der Waals surface area contributed by atoms with E-state index in [1.165, 1.54) is 86.7 Å². The summed E-state index contributed by atoms with van der Waals surface area (Å²) in [6.07, 6.45) is 13.1. The number of hydrogen-bond acceptors (Lipinski definition) is 1. The lowest BCUT2D eigenvalue weighted by atomic mass is 10.0. The average Bonchev–Trinajstić information content (AvgIpc) is 2.65. The van der Waals surface area contributed by atoms with Gasteiger partial charge in [-0.15, -0.1) is 0 Å². The van der Waals surface area contributed by atoms with E-state index in [1.54, 1.807) is 0 Å². The molecule has 136 valence electrons. The van der Waals surface area contributed by atoms with Gasteiger partial charge in [0.15, 0.2) is 0 Å². The van der Waals surface area contributed by atoms with Gasteiger partial charge in [-0.1, -0.05) is 76.6 Å². The highest BCUT2D eigenvalue weighted by Crippen LogP contribution is 2.19. The molecule has 0 atom stereocenters. The molecular formula is C24H35N. The fourth-order valence-corrected chi connectivity index (χ4v) is 3.17. The molecule has 0 saturated heterocycles. The quantitative estimate of drug-likeness (QED) is 0.392. The normalized spacial score (nSPS) is 10.8. The summed E-state index contributed by atoms with van der Waals surface area (Å²) in [6, 6.07) is 17.8. The van der Waals surface area contributed by atoms with Crippen molar-refractivity contribution in [1.29, 1.82) is 0 Å². The number of nitrogens with one attached hydrogen (secondary N) is 1. The predicted octanol–water partition coefficient (Wildman–Crippen LogP) is 7.68. The highest BCUT2D eigenvalue weighted by atomic mass is 14.9. The molecule has 0 spiro atoms. The third-order valence-electron chi connectivity index (χ3n) is 4.83. The molecule has 1 N–H and O–H groups in total. The lowest BCUT2D eigenvalue weighted by Crippen LogP contribution is -1.92. The van der Waals surface area contributed by atoms with E-state index in [2.05, 4.69) is 67.7 Å². The first kappa shape index (κ1) is 19.6. The minimum atomic E-state index is 1.17. The van der Waals surface area contributed by atoms with E-state index in [9.17, 15) is 0 Å². The number of rotatable bonds is 12. The van der Waals surface area contributed by atoms with Gasteiger partial charge in [-0.05, 0) is 61.1 Å². The summed E-state index contributed by atoms with van der Waals surface area (Å²) in [7, 11) is 0. The van der Waals surface area contributed by atoms with Crippen LogP contribution >= 0.6 is 0 Å². The summed E-state index contributed by atoms with van der Waals surface area (Å²) in [5, 5.41) is 3.50. The minimum Gasteiger partial charge on any atom is -0.356 e. The second kappa shape index (κ2) is 11.7. The Morgan fingerprint density at radius 3 is 1.48 bits per heavy atom. The van der Waals surface area contributed by atoms with Crippen LogP contribution < -0.4 is 5.32 Å². The average molecular weight is 338 g/mol. The standard InChI is InChI=1S/C24H35N/c1-3-5-7-8-9-10-12-22-15-19-24(20-16-22)25-23-17-13-21(14-18-23)11-6-4-2/h13-20,25H,3-12H2,1-2H3. The number of hydrogen-bond donors (Lipinski definition) is 1. The van der Waals surface area contributed by atoms with Gasteiger partial charge < -0.3 is 5.32 Å². The summed E-state index contributed by atoms with van der Waals surface area (Å²) in [5.41, 5.74) is 5.23. The van der Waals surface area contributed by atoms with Gasteiger partial charge in [0.05, 0.1) is 0 Å². The maximum absolute atomic E-state index is 3.50. The molecule has 0 bridgehead atoms. The van der Waals surface area contributed by atoms with E-state index in [-0.39, 0.29) is 0 Å². The zero-order valence-electron chi connectivity index (χ0n) is 16.2. The molecule has 1 nitrogen and oxygen atoms in total. The van der Waals surface area contributed by atoms with E-state index >= 15 is 0 Å². The largest absolute Gasteiger partial charge is 0.356 e. The topological polar surface area (TPSA) is 12.0 Å². The van der Waals surface area contributed by atoms with Gasteiger partial charge in [-0.3, -0.25) is 0 Å². The van der Waals surface area contributed by atoms with Crippen LogP contribution in [-0.2, 0) is 12.8 Å². The fourth-order valence-electron chi connectivity index (χ4n) is 3.17. The molecule has 0 aliphatic heterocycles. The molecule has 0 amide bonds. The van der Waals surface area contributed by atoms with Gasteiger partial charge >= 0.3 is 0 Å². The number of aryl methyl sites for hydroxylation is 2. The van der Waals surface area contributed by atoms with Crippen LogP contribution in [0, 0.1) is 0 Å². The SMILES string of the molecule is CCCCCCCCc1ccc(Nc2ccc(CCCC)cc2)cc1. The molecule has 0 radical (unpaired) electrons. The molecular weight excluding hydrogens is 302 g/mol. The Labute approximate surface area is 154 Å². The van der Waals surface area contributed by atoms with Crippen molar-refractivity contribution < 1.29 is 0 Å². The predicted molar refractivity (Wildman–Crippen MR) is 112 cm³/mol. The zero-order valence-corrected chi connectivity index (χ0v) is 16.2. The Kier molecular flexibility index (Phi) is 9.18. The molecule has 0 aliphatic rings. The molecule has 0 heterocycles. The van der Waals surface area contributed by atoms with Crippen molar-refractivity contribution in [2.24, 2.45) is 0 Å². The van der Waals surface area contributed by atoms with E-state index in [0.29, 0.717) is 0 Å². The highest BCUT2D eigenvalue weighted by molar-refractivity contribution is 5.60. The summed E-state index contributed by atoms with van der Waals surface area (Å²) in [6.45, 7) is 4.52. The smallest absolute Gasteiger partial charge is 0.0384 e. The van der Waals surface area contributed by atoms with E-state index in [0.717, 1.165) is 0 Å². The third kappa shape index (κ3) is 7.77. The van der Waals surface area contributed by atoms with Crippen molar-refractivity contribution in [3.8, 4) is 0 Å². The van der Waals surface area contributed by atoms with Crippen molar-refractivity contribution in [3.63, 3.8) is 0 Å². The van der Waals surface area contributed by atoms with Gasteiger partial charge in [-0.2, -0.15) is 0 Å². The van der Waals surface area contributed by atoms with Crippen LogP contribution in [0.15, 0.2) is 48.5 Å². The molecule has 0 saturated carbocycles. The number of anilines is 2. The van der Waals surface area contributed by atoms with E-state index in [1.807, 2.05) is 0 Å². The Bertz CT molecular complexity index is 568. The van der Waals surface area contributed by atoms with E-state index < -0.39 is 0 Å². The second-order valence-electron chi connectivity index (χ2n) is 7.14. The Hall–Kier alpha value is -1.76. The van der Waals surface area contributed by atoms with Crippen LogP contribution in [0.25, 0.3) is 0 Å². The molecule has 2 aromatic carbocycles. The van der Waals surface area contributed by atoms with E-state index in [4.69, 9.17) is 0 Å². The zero-order chi connectivity index (χ0) is 17.7. The Morgan fingerprint density at radius 1 is 0.520 bits per heavy atom. The molecule has 25 heavy (non-hydrogen) atoms. The molecule has 0 aromatic heterocycles. The van der Waals surface area contributed by atoms with Gasteiger partial charge in [-0.25, -0.2) is 0 Å². The minimum absolute atomic E-state index is 1.17. The fraction of sp³-hybridized carbons (Fsp3) is 0.500. The van der Waals surface area contributed by atoms with Crippen LogP contribution in [0.5, 0.6) is 0 Å². The number of benzene rings is 2. The van der Waals surface area contributed by atoms with Gasteiger partial charge in [0.2, 0.25) is 0 Å². The Morgan fingerprint density at radius 2 is 0.960 bits per heavy atom. The molecule has 0 unspecified atom stereocenters. The van der Waals surface area contributed by atoms with Crippen LogP contribution in [0.1, 0.15) is 76.3 Å². The van der Waals surface area contributed by atoms with Crippen LogP contribution in [0.3, 0.4) is 0 Å². The van der Waals surface area contributed by atoms with Gasteiger partial charge in [0, 0.05) is 11.4 Å². The first-order valence-corrected chi connectivity index (χ1v) is 10.3. The molecule has 1 heteroatoms. The van der Waals surface area contributed by atoms with Crippen LogP contribution in [-0.4, -0.2) is 0 Å². The lowest BCUT2D eigenvalue weighted by Gasteiger charge is -2.09. The summed E-state index contributed by atoms with van der Waals surface area (Å²) in [4.78, 5) is 0. The van der Waals surface area contributed by atoms with Crippen molar-refractivity contribution in [2.45, 2.75) is 78.1 Å². The molecule has 0 aliphatic carbocycles. The molecule has 0 fully saturated rings. The van der Waals surface area contributed by atoms with Crippen LogP contribution in [0.4, 0.5) is 11.4 Å². The monoisotopic (exact) mass is 337 g/mol. The lowest BCUT2D eigenvalue weighted by molar-refractivity contribution is 0.607. The van der Waals surface area contributed by atoms with Crippen molar-refractivity contribution in [3.05, 3.63) is 59.7 Å². The third-order valence-corrected chi connectivity index (χ3v) is 4.83. The first-order valence-electron chi connectivity index (χ1n) is 10.3. The summed E-state index contributed by atoms with van der Waals surface area (Å²) < 4.78 is 0. The number of unbranched alkanes of at least 4 members (excludes halogenated alkanes) is 6. The Balaban J connectivity index is 1.74. The first-order chi connectivity index (χ1) is 12.3. The highest BCUT2D eigenvalue weighted by Gasteiger charge is 1.98. The maximum atomic E-state index is 3.50. The van der Waals surface area contributed by atoms with Crippen LogP contribution in [0.2, 0.25) is 0 Å². The summed E-state index contributed by atoms with van der Waals surface area (Å²) in [5.74, 6) is 0. The van der Waals surface area contributed by atoms with Crippen molar-refractivity contribution in [1.82, 2.24) is 0 Å².